The summed E-state index contributed by atoms with van der Waals surface area (Å²) in [6.45, 7) is 5.29. The number of nitrogens with one attached hydrogen (secondary N) is 1. The van der Waals surface area contributed by atoms with Crippen molar-refractivity contribution in [3.8, 4) is 10.4 Å². The van der Waals surface area contributed by atoms with Crippen LogP contribution in [-0.4, -0.2) is 25.2 Å². The van der Waals surface area contributed by atoms with E-state index < -0.39 is 0 Å². The molecule has 1 amide bonds. The zero-order chi connectivity index (χ0) is 15.9. The molecule has 0 unspecified atom stereocenters. The number of carbonyl (C=O) groups is 1. The second-order valence-electron chi connectivity index (χ2n) is 5.20. The molecule has 2 aromatic rings. The Kier molecular flexibility index (Phi) is 6.43. The lowest BCUT2D eigenvalue weighted by molar-refractivity contribution is 0.0757. The third kappa shape index (κ3) is 5.13. The van der Waals surface area contributed by atoms with Crippen molar-refractivity contribution in [2.45, 2.75) is 26.4 Å². The molecule has 0 aliphatic heterocycles. The molecular formula is C17H20ClNO2S. The van der Waals surface area contributed by atoms with Crippen molar-refractivity contribution < 1.29 is 9.53 Å². The Balaban J connectivity index is 1.87. The van der Waals surface area contributed by atoms with E-state index in [2.05, 4.69) is 5.32 Å². The minimum atomic E-state index is -0.0391. The van der Waals surface area contributed by atoms with E-state index in [-0.39, 0.29) is 12.0 Å². The average molecular weight is 338 g/mol. The summed E-state index contributed by atoms with van der Waals surface area (Å²) in [5.41, 5.74) is 1.03. The van der Waals surface area contributed by atoms with Gasteiger partial charge in [0, 0.05) is 23.1 Å². The predicted octanol–water partition coefficient (Wildman–Crippen LogP) is 4.61. The lowest BCUT2D eigenvalue weighted by Gasteiger charge is -2.07. The first-order valence-corrected chi connectivity index (χ1v) is 8.51. The summed E-state index contributed by atoms with van der Waals surface area (Å²) in [4.78, 5) is 13.8. The maximum atomic E-state index is 12.1. The van der Waals surface area contributed by atoms with Gasteiger partial charge in [-0.25, -0.2) is 0 Å². The third-order valence-electron chi connectivity index (χ3n) is 3.00. The molecule has 0 atom stereocenters. The normalized spacial score (nSPS) is 10.9. The number of carbonyl (C=O) groups excluding carboxylic acids is 1. The number of halogens is 1. The van der Waals surface area contributed by atoms with Crippen LogP contribution in [0.4, 0.5) is 0 Å². The van der Waals surface area contributed by atoms with Crippen LogP contribution in [0.5, 0.6) is 0 Å². The monoisotopic (exact) mass is 337 g/mol. The van der Waals surface area contributed by atoms with Gasteiger partial charge in [0.2, 0.25) is 0 Å². The van der Waals surface area contributed by atoms with Gasteiger partial charge in [0.1, 0.15) is 0 Å². The smallest absolute Gasteiger partial charge is 0.261 e. The Hall–Kier alpha value is -1.36. The van der Waals surface area contributed by atoms with Gasteiger partial charge < -0.3 is 10.1 Å². The topological polar surface area (TPSA) is 38.3 Å². The van der Waals surface area contributed by atoms with E-state index in [1.165, 1.54) is 11.3 Å². The van der Waals surface area contributed by atoms with Crippen LogP contribution in [0.1, 0.15) is 29.9 Å². The molecule has 2 rings (SSSR count). The molecular weight excluding hydrogens is 318 g/mol. The van der Waals surface area contributed by atoms with Gasteiger partial charge >= 0.3 is 0 Å². The van der Waals surface area contributed by atoms with E-state index in [9.17, 15) is 4.79 Å². The number of rotatable bonds is 7. The van der Waals surface area contributed by atoms with Gasteiger partial charge in [-0.15, -0.1) is 11.3 Å². The van der Waals surface area contributed by atoms with E-state index in [0.29, 0.717) is 23.1 Å². The molecule has 1 aromatic heterocycles. The first-order chi connectivity index (χ1) is 10.6. The fourth-order valence-electron chi connectivity index (χ4n) is 1.94. The van der Waals surface area contributed by atoms with Gasteiger partial charge in [0.25, 0.3) is 5.91 Å². The van der Waals surface area contributed by atoms with E-state index >= 15 is 0 Å². The zero-order valence-corrected chi connectivity index (χ0v) is 14.3. The molecule has 118 valence electrons. The van der Waals surface area contributed by atoms with Crippen LogP contribution in [0, 0.1) is 0 Å². The number of ether oxygens (including phenoxy) is 1. The fraction of sp³-hybridized carbons (Fsp3) is 0.353. The van der Waals surface area contributed by atoms with Gasteiger partial charge in [0.05, 0.1) is 11.0 Å². The minimum Gasteiger partial charge on any atom is -0.379 e. The molecule has 1 N–H and O–H groups in total. The predicted molar refractivity (Wildman–Crippen MR) is 92.8 cm³/mol. The lowest BCUT2D eigenvalue weighted by atomic mass is 10.2. The first kappa shape index (κ1) is 17.0. The molecule has 0 bridgehead atoms. The van der Waals surface area contributed by atoms with E-state index in [1.54, 1.807) is 0 Å². The summed E-state index contributed by atoms with van der Waals surface area (Å²) in [5.74, 6) is -0.0391. The lowest BCUT2D eigenvalue weighted by Crippen LogP contribution is -2.24. The van der Waals surface area contributed by atoms with Crippen molar-refractivity contribution in [3.63, 3.8) is 0 Å². The standard InChI is InChI=1S/C17H20ClNO2S/c1-12(2)21-10-4-9-19-17(20)16-8-7-15(22-16)13-5-3-6-14(18)11-13/h3,5-8,11-12H,4,9-10H2,1-2H3,(H,19,20). The number of benzene rings is 1. The molecule has 0 fully saturated rings. The highest BCUT2D eigenvalue weighted by Gasteiger charge is 2.10. The molecule has 5 heteroatoms. The molecule has 0 radical (unpaired) electrons. The minimum absolute atomic E-state index is 0.0391. The Morgan fingerprint density at radius 1 is 1.32 bits per heavy atom. The van der Waals surface area contributed by atoms with Crippen LogP contribution in [0.15, 0.2) is 36.4 Å². The number of hydrogen-bond acceptors (Lipinski definition) is 3. The van der Waals surface area contributed by atoms with Crippen molar-refractivity contribution in [2.75, 3.05) is 13.2 Å². The van der Waals surface area contributed by atoms with Crippen molar-refractivity contribution in [2.24, 2.45) is 0 Å². The summed E-state index contributed by atoms with van der Waals surface area (Å²) in [7, 11) is 0. The van der Waals surface area contributed by atoms with Crippen LogP contribution < -0.4 is 5.32 Å². The second-order valence-corrected chi connectivity index (χ2v) is 6.72. The van der Waals surface area contributed by atoms with E-state index in [1.807, 2.05) is 50.2 Å². The fourth-order valence-corrected chi connectivity index (χ4v) is 3.05. The SMILES string of the molecule is CC(C)OCCCNC(=O)c1ccc(-c2cccc(Cl)c2)s1. The van der Waals surface area contributed by atoms with Crippen molar-refractivity contribution >= 4 is 28.8 Å². The summed E-state index contributed by atoms with van der Waals surface area (Å²) in [5, 5.41) is 3.61. The highest BCUT2D eigenvalue weighted by atomic mass is 35.5. The quantitative estimate of drug-likeness (QED) is 0.749. The second kappa shape index (κ2) is 8.32. The summed E-state index contributed by atoms with van der Waals surface area (Å²) >= 11 is 7.47. The first-order valence-electron chi connectivity index (χ1n) is 7.32. The molecule has 1 aromatic carbocycles. The summed E-state index contributed by atoms with van der Waals surface area (Å²) < 4.78 is 5.44. The largest absolute Gasteiger partial charge is 0.379 e. The molecule has 0 saturated carbocycles. The Bertz CT molecular complexity index is 625. The Labute approximate surface area is 140 Å². The van der Waals surface area contributed by atoms with E-state index in [4.69, 9.17) is 16.3 Å². The van der Waals surface area contributed by atoms with Crippen LogP contribution in [0.25, 0.3) is 10.4 Å². The van der Waals surface area contributed by atoms with Crippen molar-refractivity contribution in [3.05, 3.63) is 46.3 Å². The van der Waals surface area contributed by atoms with Gasteiger partial charge in [0.15, 0.2) is 0 Å². The molecule has 0 spiro atoms. The van der Waals surface area contributed by atoms with Gasteiger partial charge in [-0.05, 0) is 50.1 Å². The van der Waals surface area contributed by atoms with Crippen LogP contribution in [-0.2, 0) is 4.74 Å². The maximum Gasteiger partial charge on any atom is 0.261 e. The molecule has 0 aliphatic carbocycles. The Morgan fingerprint density at radius 2 is 2.14 bits per heavy atom. The number of amides is 1. The van der Waals surface area contributed by atoms with Gasteiger partial charge in [-0.2, -0.15) is 0 Å². The summed E-state index contributed by atoms with van der Waals surface area (Å²) in [6.07, 6.45) is 1.05. The third-order valence-corrected chi connectivity index (χ3v) is 4.36. The zero-order valence-electron chi connectivity index (χ0n) is 12.8. The molecule has 0 saturated heterocycles. The van der Waals surface area contributed by atoms with E-state index in [0.717, 1.165) is 16.9 Å². The van der Waals surface area contributed by atoms with Crippen LogP contribution in [0.2, 0.25) is 5.02 Å². The highest BCUT2D eigenvalue weighted by molar-refractivity contribution is 7.17. The molecule has 1 heterocycles. The summed E-state index contributed by atoms with van der Waals surface area (Å²) in [6, 6.07) is 11.4. The van der Waals surface area contributed by atoms with Crippen molar-refractivity contribution in [1.29, 1.82) is 0 Å². The van der Waals surface area contributed by atoms with Gasteiger partial charge in [-0.1, -0.05) is 23.7 Å². The molecule has 0 aliphatic rings. The number of hydrogen-bond donors (Lipinski definition) is 1. The van der Waals surface area contributed by atoms with Crippen LogP contribution in [0.3, 0.4) is 0 Å². The maximum absolute atomic E-state index is 12.1. The Morgan fingerprint density at radius 3 is 2.86 bits per heavy atom. The van der Waals surface area contributed by atoms with Gasteiger partial charge in [-0.3, -0.25) is 4.79 Å². The molecule has 22 heavy (non-hydrogen) atoms. The number of thiophene rings is 1. The van der Waals surface area contributed by atoms with Crippen molar-refractivity contribution in [1.82, 2.24) is 5.32 Å². The van der Waals surface area contributed by atoms with Crippen LogP contribution >= 0.6 is 22.9 Å². The average Bonchev–Trinajstić information content (AvgIpc) is 2.96. The molecule has 3 nitrogen and oxygen atoms in total. The highest BCUT2D eigenvalue weighted by Crippen LogP contribution is 2.29.